The van der Waals surface area contributed by atoms with Gasteiger partial charge in [0, 0.05) is 0 Å². The van der Waals surface area contributed by atoms with Gasteiger partial charge in [-0.1, -0.05) is 0 Å². The molecule has 0 spiro atoms. The van der Waals surface area contributed by atoms with E-state index in [1.807, 2.05) is 0 Å². The number of carboxylic acid groups (broad SMARTS) is 15. The molecule has 0 saturated carbocycles. The second-order valence-electron chi connectivity index (χ2n) is 12.4. The Hall–Kier alpha value is -4.88. The van der Waals surface area contributed by atoms with Gasteiger partial charge in [-0.05, 0) is 0 Å². The molecule has 0 unspecified atom stereocenters. The van der Waals surface area contributed by atoms with Crippen LogP contribution in [0.2, 0.25) is 0 Å². The molecule has 67 heavy (non-hydrogen) atoms. The molecule has 0 aromatic rings. The van der Waals surface area contributed by atoms with Crippen molar-refractivity contribution in [3.8, 4) is 0 Å². The molecule has 0 saturated heterocycles. The minimum absolute atomic E-state index is 0. The normalized spacial score (nSPS) is 10.5. The third-order valence-electron chi connectivity index (χ3n) is 6.43. The molecule has 0 aromatic carbocycles. The first kappa shape index (κ1) is 76.4. The first-order valence-corrected chi connectivity index (χ1v) is 15.9. The number of aliphatic carboxylic acids is 15. The second-order valence-corrected chi connectivity index (χ2v) is 12.4. The molecule has 0 aliphatic rings. The summed E-state index contributed by atoms with van der Waals surface area (Å²) >= 11 is 0. The quantitative estimate of drug-likeness (QED) is 0.0378. The number of hydrogen-bond acceptors (Lipinski definition) is 20. The van der Waals surface area contributed by atoms with E-state index in [-0.39, 0.29) is 103 Å². The van der Waals surface area contributed by atoms with E-state index in [1.54, 1.807) is 0 Å². The Bertz CT molecular complexity index is 1450. The molecular weight excluding hydrogens is 998 g/mol. The van der Waals surface area contributed by atoms with Crippen molar-refractivity contribution in [1.29, 1.82) is 0 Å². The zero-order valence-electron chi connectivity index (χ0n) is 32.1. The fraction of sp³-hybridized carbons (Fsp3) is 0.500. The first-order chi connectivity index (χ1) is 28.9. The zero-order chi connectivity index (χ0) is 53.2. The molecule has 0 radical (unpaired) electrons. The summed E-state index contributed by atoms with van der Waals surface area (Å²) in [5.41, 5.74) is -13.7. The number of carboxylic acids is 15. The molecule has 35 nitrogen and oxygen atoms in total. The summed E-state index contributed by atoms with van der Waals surface area (Å²) < 4.78 is 0. The molecule has 0 amide bonds. The number of hydrogen-bond donors (Lipinski definition) is 20. The Morgan fingerprint density at radius 3 is 0.284 bits per heavy atom. The average Bonchev–Trinajstić information content (AvgIpc) is 3.01. The van der Waals surface area contributed by atoms with Crippen LogP contribution in [0.1, 0.15) is 64.2 Å². The van der Waals surface area contributed by atoms with Crippen LogP contribution in [0.4, 0.5) is 0 Å². The van der Waals surface area contributed by atoms with Gasteiger partial charge in [-0.2, -0.15) is 0 Å². The van der Waals surface area contributed by atoms with E-state index in [0.29, 0.717) is 0 Å². The van der Waals surface area contributed by atoms with Crippen LogP contribution in [0.25, 0.3) is 0 Å². The Morgan fingerprint density at radius 2 is 0.254 bits per heavy atom. The van der Waals surface area contributed by atoms with Gasteiger partial charge in [-0.15, -0.1) is 0 Å². The summed E-state index contributed by atoms with van der Waals surface area (Å²) in [4.78, 5) is 152. The van der Waals surface area contributed by atoms with Gasteiger partial charge in [0.1, 0.15) is 0 Å². The van der Waals surface area contributed by atoms with E-state index in [4.69, 9.17) is 102 Å². The molecule has 0 heterocycles. The van der Waals surface area contributed by atoms with Gasteiger partial charge >= 0.3 is 192 Å². The molecule has 374 valence electrons. The van der Waals surface area contributed by atoms with Crippen LogP contribution in [-0.4, -0.2) is 322 Å². The molecular formula is C30H42K2O35. The number of carbonyl (C=O) groups is 15. The molecule has 0 aliphatic heterocycles. The van der Waals surface area contributed by atoms with E-state index in [9.17, 15) is 71.9 Å². The first-order valence-electron chi connectivity index (χ1n) is 15.9. The van der Waals surface area contributed by atoms with Crippen molar-refractivity contribution >= 4 is 192 Å². The van der Waals surface area contributed by atoms with Crippen molar-refractivity contribution in [2.24, 2.45) is 0 Å². The van der Waals surface area contributed by atoms with Crippen LogP contribution in [0, 0.1) is 0 Å². The molecule has 20 N–H and O–H groups in total. The third kappa shape index (κ3) is 37.9. The summed E-state index contributed by atoms with van der Waals surface area (Å²) in [6.07, 6.45) is -11.4. The van der Waals surface area contributed by atoms with Gasteiger partial charge in [0.15, 0.2) is 28.0 Å². The van der Waals surface area contributed by atoms with Crippen molar-refractivity contribution in [2.45, 2.75) is 92.2 Å². The summed E-state index contributed by atoms with van der Waals surface area (Å²) in [5.74, 6) is -25.1. The van der Waals surface area contributed by atoms with Crippen molar-refractivity contribution < 1.29 is 174 Å². The van der Waals surface area contributed by atoms with Crippen molar-refractivity contribution in [3.05, 3.63) is 0 Å². The monoisotopic (exact) mass is 1040 g/mol. The second kappa shape index (κ2) is 34.4. The van der Waals surface area contributed by atoms with E-state index < -0.39 is 182 Å². The van der Waals surface area contributed by atoms with Crippen LogP contribution in [0.5, 0.6) is 0 Å². The van der Waals surface area contributed by atoms with Gasteiger partial charge < -0.3 is 102 Å². The third-order valence-corrected chi connectivity index (χ3v) is 6.43. The van der Waals surface area contributed by atoms with Crippen molar-refractivity contribution in [3.63, 3.8) is 0 Å². The van der Waals surface area contributed by atoms with E-state index in [0.717, 1.165) is 0 Å². The maximum absolute atomic E-state index is 10.3. The van der Waals surface area contributed by atoms with Crippen LogP contribution < -0.4 is 0 Å². The molecule has 37 heteroatoms. The SMILES string of the molecule is O=C(O)CC(O)(CC(=O)O)C(=O)O.O=C(O)CC(O)(CC(=O)O)C(=O)O.O=C(O)CC(O)(CC(=O)O)C(=O)O.O=C(O)CC(O)(CC(=O)O)C(=O)O.O=C(O)CC(O)(CC(=O)O)C(=O)O.[KH].[KH]. The van der Waals surface area contributed by atoms with Gasteiger partial charge in [0.25, 0.3) is 0 Å². The van der Waals surface area contributed by atoms with Gasteiger partial charge in [0.05, 0.1) is 64.2 Å². The Morgan fingerprint density at radius 1 is 0.194 bits per heavy atom. The van der Waals surface area contributed by atoms with Gasteiger partial charge in [-0.25, -0.2) is 24.0 Å². The summed E-state index contributed by atoms with van der Waals surface area (Å²) in [6, 6.07) is 0. The molecule has 0 atom stereocenters. The predicted molar refractivity (Wildman–Crippen MR) is 200 cm³/mol. The fourth-order valence-corrected chi connectivity index (χ4v) is 3.57. The maximum atomic E-state index is 10.3. The summed E-state index contributed by atoms with van der Waals surface area (Å²) in [5, 5.41) is 169. The van der Waals surface area contributed by atoms with Gasteiger partial charge in [0.2, 0.25) is 0 Å². The fourth-order valence-electron chi connectivity index (χ4n) is 3.57. The van der Waals surface area contributed by atoms with E-state index in [1.165, 1.54) is 0 Å². The average molecular weight is 1040 g/mol. The summed E-state index contributed by atoms with van der Waals surface area (Å²) in [6.45, 7) is 0. The number of rotatable bonds is 25. The van der Waals surface area contributed by atoms with Crippen LogP contribution in [0.15, 0.2) is 0 Å². The predicted octanol–water partition coefficient (Wildman–Crippen LogP) is -7.54. The summed E-state index contributed by atoms with van der Waals surface area (Å²) in [7, 11) is 0. The zero-order valence-corrected chi connectivity index (χ0v) is 32.1. The van der Waals surface area contributed by atoms with Gasteiger partial charge in [-0.3, -0.25) is 47.9 Å². The van der Waals surface area contributed by atoms with Crippen LogP contribution in [0.3, 0.4) is 0 Å². The Labute approximate surface area is 453 Å². The molecule has 0 fully saturated rings. The molecule has 0 bridgehead atoms. The van der Waals surface area contributed by atoms with Crippen LogP contribution >= 0.6 is 0 Å². The molecule has 0 aliphatic carbocycles. The van der Waals surface area contributed by atoms with Crippen LogP contribution in [-0.2, 0) is 71.9 Å². The molecule has 0 aromatic heterocycles. The van der Waals surface area contributed by atoms with Crippen molar-refractivity contribution in [1.82, 2.24) is 0 Å². The standard InChI is InChI=1S/5C6H8O7.2K.2H/c5*7-3(8)1-6(13,5(11)12)2-4(9)10;;;;/h5*13H,1-2H2,(H,7,8)(H,9,10)(H,11,12);;;;. The van der Waals surface area contributed by atoms with E-state index in [2.05, 4.69) is 0 Å². The van der Waals surface area contributed by atoms with Crippen molar-refractivity contribution in [2.75, 3.05) is 0 Å². The Balaban J connectivity index is -0.000000133. The Kier molecular flexibility index (Phi) is 39.2. The minimum atomic E-state index is -2.74. The number of aliphatic hydroxyl groups is 5. The topological polar surface area (TPSA) is 661 Å². The van der Waals surface area contributed by atoms with E-state index >= 15 is 0 Å². The molecule has 0 rings (SSSR count).